The molecule has 0 unspecified atom stereocenters. The molecule has 26 heavy (non-hydrogen) atoms. The van der Waals surface area contributed by atoms with Crippen LogP contribution in [0.4, 0.5) is 0 Å². The van der Waals surface area contributed by atoms with E-state index < -0.39 is 17.4 Å². The molecule has 0 heterocycles. The van der Waals surface area contributed by atoms with Crippen LogP contribution in [-0.2, 0) is 17.6 Å². The Morgan fingerprint density at radius 3 is 2.42 bits per heavy atom. The minimum absolute atomic E-state index is 0.0284. The van der Waals surface area contributed by atoms with E-state index in [1.165, 1.54) is 0 Å². The maximum Gasteiger partial charge on any atom is 0.330 e. The number of para-hydroxylation sites is 1. The van der Waals surface area contributed by atoms with Crippen molar-refractivity contribution in [2.45, 2.75) is 25.3 Å². The van der Waals surface area contributed by atoms with Crippen LogP contribution in [-0.4, -0.2) is 29.1 Å². The molecule has 5 heteroatoms. The van der Waals surface area contributed by atoms with Gasteiger partial charge in [-0.3, -0.25) is 4.79 Å². The minimum atomic E-state index is -1.37. The topological polar surface area (TPSA) is 75.6 Å². The highest BCUT2D eigenvalue weighted by Crippen LogP contribution is 2.32. The normalized spacial score (nSPS) is 14.2. The van der Waals surface area contributed by atoms with Crippen molar-refractivity contribution in [1.29, 1.82) is 0 Å². The number of hydrogen-bond donors (Lipinski definition) is 2. The summed E-state index contributed by atoms with van der Waals surface area (Å²) < 4.78 is 5.51. The summed E-state index contributed by atoms with van der Waals surface area (Å²) in [6.45, 7) is 1.83. The first-order chi connectivity index (χ1) is 12.5. The number of terminal acetylenes is 1. The molecule has 2 N–H and O–H groups in total. The summed E-state index contributed by atoms with van der Waals surface area (Å²) in [7, 11) is 0. The van der Waals surface area contributed by atoms with E-state index in [9.17, 15) is 14.7 Å². The lowest BCUT2D eigenvalue weighted by molar-refractivity contribution is -0.144. The quantitative estimate of drug-likeness (QED) is 0.813. The number of aliphatic carboxylic acids is 1. The Labute approximate surface area is 152 Å². The van der Waals surface area contributed by atoms with Gasteiger partial charge in [-0.2, -0.15) is 0 Å². The van der Waals surface area contributed by atoms with Crippen LogP contribution < -0.4 is 10.1 Å². The predicted octanol–water partition coefficient (Wildman–Crippen LogP) is 2.36. The van der Waals surface area contributed by atoms with E-state index in [0.29, 0.717) is 5.75 Å². The van der Waals surface area contributed by atoms with E-state index in [-0.39, 0.29) is 25.0 Å². The number of carbonyl (C=O) groups is 2. The molecule has 3 rings (SSSR count). The zero-order valence-corrected chi connectivity index (χ0v) is 14.4. The number of ether oxygens (including phenoxy) is 1. The molecular weight excluding hydrogens is 330 g/mol. The number of fused-ring (bicyclic) bond motifs is 1. The number of amides is 1. The third-order valence-electron chi connectivity index (χ3n) is 4.62. The van der Waals surface area contributed by atoms with Gasteiger partial charge in [0.2, 0.25) is 0 Å². The summed E-state index contributed by atoms with van der Waals surface area (Å²) >= 11 is 0. The van der Waals surface area contributed by atoms with E-state index in [1.54, 1.807) is 25.1 Å². The van der Waals surface area contributed by atoms with Crippen LogP contribution in [0.1, 0.15) is 27.0 Å². The SMILES string of the molecule is C#CCOc1c(C)cccc1C(=O)NC1(C(=O)O)Cc2ccccc2C1. The van der Waals surface area contributed by atoms with Crippen LogP contribution in [0.3, 0.4) is 0 Å². The van der Waals surface area contributed by atoms with E-state index in [1.807, 2.05) is 24.3 Å². The molecule has 5 nitrogen and oxygen atoms in total. The van der Waals surface area contributed by atoms with E-state index in [0.717, 1.165) is 16.7 Å². The number of carbonyl (C=O) groups excluding carboxylic acids is 1. The fourth-order valence-electron chi connectivity index (χ4n) is 3.33. The Kier molecular flexibility index (Phi) is 4.68. The number of benzene rings is 2. The fraction of sp³-hybridized carbons (Fsp3) is 0.238. The van der Waals surface area contributed by atoms with Crippen LogP contribution in [0.15, 0.2) is 42.5 Å². The van der Waals surface area contributed by atoms with Gasteiger partial charge in [-0.05, 0) is 29.7 Å². The molecular formula is C21H19NO4. The van der Waals surface area contributed by atoms with Gasteiger partial charge < -0.3 is 15.2 Å². The van der Waals surface area contributed by atoms with Gasteiger partial charge in [-0.25, -0.2) is 4.79 Å². The number of aryl methyl sites for hydroxylation is 1. The molecule has 0 aromatic heterocycles. The van der Waals surface area contributed by atoms with Gasteiger partial charge in [0.15, 0.2) is 0 Å². The molecule has 132 valence electrons. The second-order valence-electron chi connectivity index (χ2n) is 6.41. The third kappa shape index (κ3) is 3.14. The van der Waals surface area contributed by atoms with Crippen molar-refractivity contribution in [1.82, 2.24) is 5.32 Å². The second-order valence-corrected chi connectivity index (χ2v) is 6.41. The first kappa shape index (κ1) is 17.6. The zero-order valence-electron chi connectivity index (χ0n) is 14.4. The smallest absolute Gasteiger partial charge is 0.330 e. The summed E-state index contributed by atoms with van der Waals surface area (Å²) in [5, 5.41) is 12.6. The Balaban J connectivity index is 1.91. The van der Waals surface area contributed by atoms with Gasteiger partial charge in [-0.15, -0.1) is 6.42 Å². The molecule has 2 aromatic carbocycles. The Morgan fingerprint density at radius 2 is 1.85 bits per heavy atom. The van der Waals surface area contributed by atoms with E-state index in [4.69, 9.17) is 11.2 Å². The van der Waals surface area contributed by atoms with Crippen molar-refractivity contribution >= 4 is 11.9 Å². The van der Waals surface area contributed by atoms with Crippen molar-refractivity contribution in [2.75, 3.05) is 6.61 Å². The summed E-state index contributed by atoms with van der Waals surface area (Å²) in [6.07, 6.45) is 5.73. The van der Waals surface area contributed by atoms with Gasteiger partial charge in [-0.1, -0.05) is 42.3 Å². The Hall–Kier alpha value is -3.26. The van der Waals surface area contributed by atoms with Gasteiger partial charge >= 0.3 is 5.97 Å². The minimum Gasteiger partial charge on any atom is -0.480 e. The van der Waals surface area contributed by atoms with Crippen molar-refractivity contribution in [3.63, 3.8) is 0 Å². The van der Waals surface area contributed by atoms with Gasteiger partial charge in [0.05, 0.1) is 5.56 Å². The second kappa shape index (κ2) is 6.93. The monoisotopic (exact) mass is 349 g/mol. The van der Waals surface area contributed by atoms with Crippen LogP contribution in [0.2, 0.25) is 0 Å². The number of rotatable bonds is 5. The van der Waals surface area contributed by atoms with Crippen molar-refractivity contribution in [3.05, 3.63) is 64.7 Å². The first-order valence-electron chi connectivity index (χ1n) is 8.25. The molecule has 1 amide bonds. The summed E-state index contributed by atoms with van der Waals surface area (Å²) in [6, 6.07) is 12.6. The molecule has 0 bridgehead atoms. The maximum absolute atomic E-state index is 12.9. The molecule has 0 saturated heterocycles. The number of nitrogens with one attached hydrogen (secondary N) is 1. The third-order valence-corrected chi connectivity index (χ3v) is 4.62. The molecule has 2 aromatic rings. The summed E-state index contributed by atoms with van der Waals surface area (Å²) in [5.41, 5.74) is 1.53. The predicted molar refractivity (Wildman–Crippen MR) is 97.2 cm³/mol. The lowest BCUT2D eigenvalue weighted by atomic mass is 9.95. The number of carboxylic acids is 1. The molecule has 0 spiro atoms. The molecule has 0 saturated carbocycles. The molecule has 1 aliphatic carbocycles. The zero-order chi connectivity index (χ0) is 18.7. The van der Waals surface area contributed by atoms with E-state index in [2.05, 4.69) is 11.2 Å². The van der Waals surface area contributed by atoms with Crippen molar-refractivity contribution in [3.8, 4) is 18.1 Å². The molecule has 0 atom stereocenters. The lowest BCUT2D eigenvalue weighted by Crippen LogP contribution is -2.55. The number of carboxylic acid groups (broad SMARTS) is 1. The van der Waals surface area contributed by atoms with Crippen molar-refractivity contribution in [2.24, 2.45) is 0 Å². The standard InChI is InChI=1S/C21H19NO4/c1-3-11-26-18-14(2)7-6-10-17(18)19(23)22-21(20(24)25)12-15-8-4-5-9-16(15)13-21/h1,4-10H,11-13H2,2H3,(H,22,23)(H,24,25). The van der Waals surface area contributed by atoms with Crippen LogP contribution in [0, 0.1) is 19.3 Å². The van der Waals surface area contributed by atoms with Crippen LogP contribution in [0.25, 0.3) is 0 Å². The lowest BCUT2D eigenvalue weighted by Gasteiger charge is -2.26. The molecule has 0 aliphatic heterocycles. The average Bonchev–Trinajstić information content (AvgIpc) is 3.00. The van der Waals surface area contributed by atoms with Gasteiger partial charge in [0.25, 0.3) is 5.91 Å². The fourth-order valence-corrected chi connectivity index (χ4v) is 3.33. The van der Waals surface area contributed by atoms with Gasteiger partial charge in [0.1, 0.15) is 17.9 Å². The summed E-state index contributed by atoms with van der Waals surface area (Å²) in [4.78, 5) is 24.9. The van der Waals surface area contributed by atoms with Gasteiger partial charge in [0, 0.05) is 12.8 Å². The molecule has 0 radical (unpaired) electrons. The van der Waals surface area contributed by atoms with E-state index >= 15 is 0 Å². The Morgan fingerprint density at radius 1 is 1.19 bits per heavy atom. The highest BCUT2D eigenvalue weighted by molar-refractivity contribution is 6.00. The highest BCUT2D eigenvalue weighted by atomic mass is 16.5. The maximum atomic E-state index is 12.9. The van der Waals surface area contributed by atoms with Crippen molar-refractivity contribution < 1.29 is 19.4 Å². The molecule has 1 aliphatic rings. The first-order valence-corrected chi connectivity index (χ1v) is 8.25. The average molecular weight is 349 g/mol. The van der Waals surface area contributed by atoms with Crippen LogP contribution in [0.5, 0.6) is 5.75 Å². The summed E-state index contributed by atoms with van der Waals surface area (Å²) in [5.74, 6) is 1.20. The largest absolute Gasteiger partial charge is 0.480 e. The molecule has 0 fully saturated rings. The van der Waals surface area contributed by atoms with Crippen LogP contribution >= 0.6 is 0 Å². The number of hydrogen-bond acceptors (Lipinski definition) is 3. The highest BCUT2D eigenvalue weighted by Gasteiger charge is 2.45. The Bertz CT molecular complexity index is 885.